The number of hydrogen-bond donors (Lipinski definition) is 6. The normalized spacial score (nSPS) is 15.6. The average Bonchev–Trinajstić information content (AvgIpc) is 3.32. The van der Waals surface area contributed by atoms with Gasteiger partial charge in [0.1, 0.15) is 6.04 Å². The van der Waals surface area contributed by atoms with Gasteiger partial charge in [0.2, 0.25) is 11.8 Å². The molecule has 4 aromatic rings. The van der Waals surface area contributed by atoms with E-state index in [9.17, 15) is 19.5 Å². The fraction of sp³-hybridized carbons (Fsp3) is 0.343. The van der Waals surface area contributed by atoms with Gasteiger partial charge in [-0.3, -0.25) is 9.59 Å². The molecule has 10 nitrogen and oxygen atoms in total. The predicted octanol–water partition coefficient (Wildman–Crippen LogP) is 5.16. The summed E-state index contributed by atoms with van der Waals surface area (Å²) in [6.45, 7) is 3.78. The number of rotatable bonds is 11. The Kier molecular flexibility index (Phi) is 11.0. The molecule has 2 heterocycles. The van der Waals surface area contributed by atoms with Crippen molar-refractivity contribution in [2.45, 2.75) is 57.3 Å². The summed E-state index contributed by atoms with van der Waals surface area (Å²) in [5, 5.41) is 31.4. The van der Waals surface area contributed by atoms with Crippen LogP contribution in [0.15, 0.2) is 71.2 Å². The van der Waals surface area contributed by atoms with Gasteiger partial charge in [-0.2, -0.15) is 0 Å². The molecule has 0 saturated carbocycles. The van der Waals surface area contributed by atoms with Crippen molar-refractivity contribution in [2.24, 2.45) is 0 Å². The summed E-state index contributed by atoms with van der Waals surface area (Å²) >= 11 is 5.43. The Hall–Kier alpha value is -3.81. The summed E-state index contributed by atoms with van der Waals surface area (Å²) in [7, 11) is 1.58. The average molecular weight is 723 g/mol. The number of nitrogens with zero attached hydrogens (tertiary/aromatic N) is 1. The molecule has 0 unspecified atom stereocenters. The molecule has 47 heavy (non-hydrogen) atoms. The van der Waals surface area contributed by atoms with Crippen molar-refractivity contribution in [3.63, 3.8) is 0 Å². The van der Waals surface area contributed by atoms with Gasteiger partial charge in [0.05, 0.1) is 29.8 Å². The number of hydrogen-bond acceptors (Lipinski definition) is 7. The Morgan fingerprint density at radius 3 is 2.62 bits per heavy atom. The van der Waals surface area contributed by atoms with Crippen LogP contribution >= 0.6 is 27.3 Å². The molecule has 2 atom stereocenters. The van der Waals surface area contributed by atoms with Crippen LogP contribution in [0, 0.1) is 0 Å². The third kappa shape index (κ3) is 8.20. The van der Waals surface area contributed by atoms with Gasteiger partial charge in [-0.05, 0) is 78.0 Å². The number of β-amino-alcohol motifs (C(OH)–C–C–N with tert-alkyl or cyclic N) is 1. The maximum Gasteiger partial charge on any atom is 0.318 e. The van der Waals surface area contributed by atoms with Crippen molar-refractivity contribution >= 4 is 66.6 Å². The van der Waals surface area contributed by atoms with Crippen molar-refractivity contribution in [3.05, 3.63) is 82.3 Å². The van der Waals surface area contributed by atoms with E-state index in [1.807, 2.05) is 68.4 Å². The van der Waals surface area contributed by atoms with Crippen molar-refractivity contribution in [2.75, 3.05) is 30.4 Å². The number of halogens is 1. The quantitative estimate of drug-likeness (QED) is 0.126. The van der Waals surface area contributed by atoms with Gasteiger partial charge in [-0.25, -0.2) is 4.79 Å². The van der Waals surface area contributed by atoms with Gasteiger partial charge < -0.3 is 36.4 Å². The van der Waals surface area contributed by atoms with Gasteiger partial charge in [0.15, 0.2) is 0 Å². The molecule has 0 bridgehead atoms. The Morgan fingerprint density at radius 1 is 1.11 bits per heavy atom. The molecule has 1 aromatic heterocycles. The molecule has 6 N–H and O–H groups in total. The number of anilines is 2. The Morgan fingerprint density at radius 2 is 1.85 bits per heavy atom. The Balaban J connectivity index is 1.39. The number of benzene rings is 3. The van der Waals surface area contributed by atoms with Crippen LogP contribution in [0.5, 0.6) is 0 Å². The van der Waals surface area contributed by atoms with Crippen LogP contribution in [0.2, 0.25) is 0 Å². The SMILES string of the molecule is CNC(=O)Nc1ccccc1-c1sc2ccc(CN3C(=O)[C@H](NC(=O)CC(C)(C)NC[C@H](O)CO)CCc4ccccc43)cc2c1Br. The molecule has 1 aliphatic rings. The van der Waals surface area contributed by atoms with Gasteiger partial charge >= 0.3 is 6.03 Å². The van der Waals surface area contributed by atoms with E-state index < -0.39 is 17.7 Å². The maximum absolute atomic E-state index is 14.1. The van der Waals surface area contributed by atoms with Crippen molar-refractivity contribution in [3.8, 4) is 10.4 Å². The monoisotopic (exact) mass is 721 g/mol. The molecule has 248 valence electrons. The molecule has 1 aliphatic heterocycles. The predicted molar refractivity (Wildman–Crippen MR) is 191 cm³/mol. The summed E-state index contributed by atoms with van der Waals surface area (Å²) < 4.78 is 1.96. The number of aryl methyl sites for hydroxylation is 1. The molecular formula is C35H40BrN5O5S. The number of para-hydroxylation sites is 2. The van der Waals surface area contributed by atoms with Gasteiger partial charge in [0, 0.05) is 51.4 Å². The first kappa shape index (κ1) is 34.5. The van der Waals surface area contributed by atoms with E-state index in [0.29, 0.717) is 25.1 Å². The number of fused-ring (bicyclic) bond motifs is 2. The second-order valence-corrected chi connectivity index (χ2v) is 14.2. The molecule has 0 saturated heterocycles. The standard InChI is InChI=1S/C35H40BrN5O5S/c1-35(2,38-18-23(43)20-42)17-30(44)39-27-14-13-22-8-4-7-11-28(22)41(33(27)45)19-21-12-15-29-25(16-21)31(36)32(47-29)24-9-5-6-10-26(24)40-34(46)37-3/h4-12,15-16,23,27,38,42-43H,13-14,17-20H2,1-3H3,(H,39,44)(H2,37,40,46)/t23-,27+/m0/s1. The van der Waals surface area contributed by atoms with Crippen molar-refractivity contribution < 1.29 is 24.6 Å². The van der Waals surface area contributed by atoms with Crippen molar-refractivity contribution in [1.29, 1.82) is 0 Å². The summed E-state index contributed by atoms with van der Waals surface area (Å²) in [6.07, 6.45) is 0.275. The smallest absolute Gasteiger partial charge is 0.318 e. The van der Waals surface area contributed by atoms with E-state index in [0.717, 1.165) is 41.8 Å². The summed E-state index contributed by atoms with van der Waals surface area (Å²) in [5.41, 5.74) is 3.73. The number of urea groups is 1. The molecule has 0 spiro atoms. The fourth-order valence-electron chi connectivity index (χ4n) is 5.72. The van der Waals surface area contributed by atoms with Gasteiger partial charge in [-0.1, -0.05) is 42.5 Å². The topological polar surface area (TPSA) is 143 Å². The third-order valence-electron chi connectivity index (χ3n) is 8.19. The lowest BCUT2D eigenvalue weighted by molar-refractivity contribution is -0.128. The maximum atomic E-state index is 14.1. The van der Waals surface area contributed by atoms with Crippen molar-refractivity contribution in [1.82, 2.24) is 16.0 Å². The molecule has 0 fully saturated rings. The van der Waals surface area contributed by atoms with Crippen LogP contribution < -0.4 is 26.2 Å². The van der Waals surface area contributed by atoms with E-state index in [1.165, 1.54) is 0 Å². The van der Waals surface area contributed by atoms with E-state index in [4.69, 9.17) is 5.11 Å². The van der Waals surface area contributed by atoms with Crippen LogP contribution in [0.4, 0.5) is 16.2 Å². The summed E-state index contributed by atoms with van der Waals surface area (Å²) in [5.74, 6) is -0.447. The van der Waals surface area contributed by atoms with Gasteiger partial charge in [0.25, 0.3) is 0 Å². The second kappa shape index (κ2) is 15.0. The lowest BCUT2D eigenvalue weighted by atomic mass is 9.99. The highest BCUT2D eigenvalue weighted by molar-refractivity contribution is 9.10. The molecule has 12 heteroatoms. The van der Waals surface area contributed by atoms with Crippen LogP contribution in [-0.4, -0.2) is 65.9 Å². The number of aliphatic hydroxyl groups is 2. The second-order valence-electron chi connectivity index (χ2n) is 12.3. The molecule has 0 radical (unpaired) electrons. The zero-order valence-corrected chi connectivity index (χ0v) is 29.0. The van der Waals surface area contributed by atoms with Crippen LogP contribution in [0.25, 0.3) is 20.5 Å². The van der Waals surface area contributed by atoms with Crippen LogP contribution in [0.3, 0.4) is 0 Å². The number of nitrogens with one attached hydrogen (secondary N) is 4. The number of thiophene rings is 1. The highest BCUT2D eigenvalue weighted by atomic mass is 79.9. The lowest BCUT2D eigenvalue weighted by Crippen LogP contribution is -2.51. The van der Waals surface area contributed by atoms with E-state index in [1.54, 1.807) is 23.3 Å². The Bertz CT molecular complexity index is 1780. The minimum absolute atomic E-state index is 0.0921. The number of amides is 4. The fourth-order valence-corrected chi connectivity index (χ4v) is 7.75. The van der Waals surface area contributed by atoms with E-state index >= 15 is 0 Å². The van der Waals surface area contributed by atoms with Crippen LogP contribution in [0.1, 0.15) is 37.8 Å². The zero-order chi connectivity index (χ0) is 33.7. The lowest BCUT2D eigenvalue weighted by Gasteiger charge is -2.29. The van der Waals surface area contributed by atoms with Gasteiger partial charge in [-0.15, -0.1) is 11.3 Å². The molecule has 3 aromatic carbocycles. The van der Waals surface area contributed by atoms with E-state index in [-0.39, 0.29) is 37.4 Å². The first-order chi connectivity index (χ1) is 22.5. The summed E-state index contributed by atoms with van der Waals surface area (Å²) in [4.78, 5) is 42.1. The molecule has 5 rings (SSSR count). The molecule has 0 aliphatic carbocycles. The highest BCUT2D eigenvalue weighted by Gasteiger charge is 2.33. The minimum Gasteiger partial charge on any atom is -0.394 e. The molecule has 4 amide bonds. The zero-order valence-electron chi connectivity index (χ0n) is 26.6. The Labute approximate surface area is 286 Å². The highest BCUT2D eigenvalue weighted by Crippen LogP contribution is 2.45. The van der Waals surface area contributed by atoms with Crippen LogP contribution in [-0.2, 0) is 22.6 Å². The minimum atomic E-state index is -0.921. The molecular weight excluding hydrogens is 682 g/mol. The first-order valence-electron chi connectivity index (χ1n) is 15.5. The first-order valence-corrected chi connectivity index (χ1v) is 17.1. The third-order valence-corrected chi connectivity index (χ3v) is 10.5. The van der Waals surface area contributed by atoms with E-state index in [2.05, 4.69) is 49.3 Å². The number of aliphatic hydroxyl groups excluding tert-OH is 2. The number of carbonyl (C=O) groups excluding carboxylic acids is 3. The largest absolute Gasteiger partial charge is 0.394 e. The summed E-state index contributed by atoms with van der Waals surface area (Å²) in [6, 6.07) is 20.6. The number of carbonyl (C=O) groups is 3.